The summed E-state index contributed by atoms with van der Waals surface area (Å²) in [5, 5.41) is 0. The Hall–Kier alpha value is -0.860. The van der Waals surface area contributed by atoms with E-state index < -0.39 is 0 Å². The smallest absolute Gasteiger partial charge is 0.0473 e. The molecule has 0 bridgehead atoms. The van der Waals surface area contributed by atoms with Crippen LogP contribution in [0.3, 0.4) is 0 Å². The Morgan fingerprint density at radius 1 is 1.29 bits per heavy atom. The van der Waals surface area contributed by atoms with Crippen molar-refractivity contribution in [3.63, 3.8) is 0 Å². The number of nitrogens with two attached hydrogens (primary N) is 1. The van der Waals surface area contributed by atoms with Crippen LogP contribution >= 0.6 is 0 Å². The topological polar surface area (TPSA) is 29.3 Å². The van der Waals surface area contributed by atoms with Crippen molar-refractivity contribution in [2.24, 2.45) is 5.73 Å². The van der Waals surface area contributed by atoms with E-state index in [0.717, 1.165) is 12.6 Å². The first-order valence-electron chi connectivity index (χ1n) is 6.87. The Bertz CT molecular complexity index is 319. The molecule has 1 unspecified atom stereocenters. The molecule has 1 atom stereocenters. The molecule has 2 nitrogen and oxygen atoms in total. The van der Waals surface area contributed by atoms with Crippen molar-refractivity contribution in [1.82, 2.24) is 4.90 Å². The lowest BCUT2D eigenvalue weighted by Crippen LogP contribution is -2.36. The zero-order valence-electron chi connectivity index (χ0n) is 10.8. The highest BCUT2D eigenvalue weighted by Gasteiger charge is 2.33. The highest BCUT2D eigenvalue weighted by molar-refractivity contribution is 5.20. The first kappa shape index (κ1) is 12.6. The monoisotopic (exact) mass is 232 g/mol. The van der Waals surface area contributed by atoms with Gasteiger partial charge in [0.05, 0.1) is 0 Å². The van der Waals surface area contributed by atoms with Crippen molar-refractivity contribution in [3.8, 4) is 0 Å². The van der Waals surface area contributed by atoms with Gasteiger partial charge in [0.2, 0.25) is 0 Å². The van der Waals surface area contributed by atoms with E-state index in [1.165, 1.54) is 37.8 Å². The fraction of sp³-hybridized carbons (Fsp3) is 0.600. The minimum absolute atomic E-state index is 0.412. The molecule has 0 radical (unpaired) electrons. The van der Waals surface area contributed by atoms with Gasteiger partial charge in [-0.3, -0.25) is 4.90 Å². The molecule has 0 aromatic heterocycles. The first-order valence-corrected chi connectivity index (χ1v) is 6.87. The van der Waals surface area contributed by atoms with Crippen LogP contribution in [0.4, 0.5) is 0 Å². The summed E-state index contributed by atoms with van der Waals surface area (Å²) in [6.07, 6.45) is 5.25. The Morgan fingerprint density at radius 3 is 2.53 bits per heavy atom. The second-order valence-electron chi connectivity index (χ2n) is 4.98. The predicted molar refractivity (Wildman–Crippen MR) is 72.9 cm³/mol. The molecular formula is C15H24N2. The standard InChI is InChI=1S/C15H24N2/c1-2-3-11-17(14-9-10-14)15(12-16)13-7-5-4-6-8-13/h4-8,14-15H,2-3,9-12,16H2,1H3. The number of hydrogen-bond acceptors (Lipinski definition) is 2. The van der Waals surface area contributed by atoms with E-state index in [0.29, 0.717) is 6.04 Å². The molecule has 2 rings (SSSR count). The van der Waals surface area contributed by atoms with Crippen LogP contribution in [0.5, 0.6) is 0 Å². The Labute approximate surface area is 105 Å². The molecule has 1 aliphatic rings. The van der Waals surface area contributed by atoms with Gasteiger partial charge in [-0.05, 0) is 31.4 Å². The SMILES string of the molecule is CCCCN(C1CC1)C(CN)c1ccccc1. The maximum atomic E-state index is 6.00. The molecule has 1 aromatic carbocycles. The van der Waals surface area contributed by atoms with E-state index in [-0.39, 0.29) is 0 Å². The van der Waals surface area contributed by atoms with Gasteiger partial charge in [-0.2, -0.15) is 0 Å². The number of hydrogen-bond donors (Lipinski definition) is 1. The van der Waals surface area contributed by atoms with Gasteiger partial charge in [0, 0.05) is 18.6 Å². The Balaban J connectivity index is 2.08. The van der Waals surface area contributed by atoms with Gasteiger partial charge in [-0.25, -0.2) is 0 Å². The molecule has 0 aliphatic heterocycles. The summed E-state index contributed by atoms with van der Waals surface area (Å²) in [5.41, 5.74) is 7.37. The molecule has 0 spiro atoms. The summed E-state index contributed by atoms with van der Waals surface area (Å²) >= 11 is 0. The largest absolute Gasteiger partial charge is 0.329 e. The Kier molecular flexibility index (Phi) is 4.57. The summed E-state index contributed by atoms with van der Waals surface area (Å²) in [4.78, 5) is 2.62. The molecule has 1 aliphatic carbocycles. The van der Waals surface area contributed by atoms with E-state index in [2.05, 4.69) is 42.2 Å². The molecule has 17 heavy (non-hydrogen) atoms. The summed E-state index contributed by atoms with van der Waals surface area (Å²) in [6.45, 7) is 4.17. The highest BCUT2D eigenvalue weighted by atomic mass is 15.2. The second-order valence-corrected chi connectivity index (χ2v) is 4.98. The minimum atomic E-state index is 0.412. The van der Waals surface area contributed by atoms with Crippen molar-refractivity contribution in [1.29, 1.82) is 0 Å². The van der Waals surface area contributed by atoms with Gasteiger partial charge in [0.25, 0.3) is 0 Å². The van der Waals surface area contributed by atoms with Crippen molar-refractivity contribution in [3.05, 3.63) is 35.9 Å². The fourth-order valence-electron chi connectivity index (χ4n) is 2.48. The van der Waals surface area contributed by atoms with Gasteiger partial charge in [-0.15, -0.1) is 0 Å². The lowest BCUT2D eigenvalue weighted by atomic mass is 10.0. The predicted octanol–water partition coefficient (Wildman–Crippen LogP) is 2.95. The van der Waals surface area contributed by atoms with Crippen LogP contribution in [0, 0.1) is 0 Å². The van der Waals surface area contributed by atoms with E-state index >= 15 is 0 Å². The lowest BCUT2D eigenvalue weighted by molar-refractivity contribution is 0.188. The zero-order chi connectivity index (χ0) is 12.1. The fourth-order valence-corrected chi connectivity index (χ4v) is 2.48. The van der Waals surface area contributed by atoms with Gasteiger partial charge in [0.15, 0.2) is 0 Å². The molecule has 1 aromatic rings. The maximum absolute atomic E-state index is 6.00. The van der Waals surface area contributed by atoms with Gasteiger partial charge in [0.1, 0.15) is 0 Å². The van der Waals surface area contributed by atoms with Crippen LogP contribution in [-0.2, 0) is 0 Å². The highest BCUT2D eigenvalue weighted by Crippen LogP contribution is 2.34. The molecule has 2 N–H and O–H groups in total. The average molecular weight is 232 g/mol. The summed E-state index contributed by atoms with van der Waals surface area (Å²) in [7, 11) is 0. The van der Waals surface area contributed by atoms with Crippen LogP contribution in [0.1, 0.15) is 44.2 Å². The normalized spacial score (nSPS) is 17.4. The van der Waals surface area contributed by atoms with E-state index in [1.807, 2.05) is 0 Å². The zero-order valence-corrected chi connectivity index (χ0v) is 10.8. The van der Waals surface area contributed by atoms with E-state index in [4.69, 9.17) is 5.73 Å². The minimum Gasteiger partial charge on any atom is -0.329 e. The summed E-state index contributed by atoms with van der Waals surface area (Å²) in [6, 6.07) is 11.9. The molecular weight excluding hydrogens is 208 g/mol. The summed E-state index contributed by atoms with van der Waals surface area (Å²) in [5.74, 6) is 0. The van der Waals surface area contributed by atoms with Gasteiger partial charge in [-0.1, -0.05) is 43.7 Å². The maximum Gasteiger partial charge on any atom is 0.0473 e. The molecule has 0 amide bonds. The van der Waals surface area contributed by atoms with Crippen LogP contribution in [0.25, 0.3) is 0 Å². The number of benzene rings is 1. The van der Waals surface area contributed by atoms with Crippen molar-refractivity contribution in [2.75, 3.05) is 13.1 Å². The number of unbranched alkanes of at least 4 members (excludes halogenated alkanes) is 1. The van der Waals surface area contributed by atoms with Crippen molar-refractivity contribution >= 4 is 0 Å². The third-order valence-corrected chi connectivity index (χ3v) is 3.59. The Morgan fingerprint density at radius 2 is 2.00 bits per heavy atom. The van der Waals surface area contributed by atoms with Crippen molar-refractivity contribution in [2.45, 2.75) is 44.7 Å². The van der Waals surface area contributed by atoms with E-state index in [1.54, 1.807) is 0 Å². The third-order valence-electron chi connectivity index (χ3n) is 3.59. The molecule has 1 fully saturated rings. The van der Waals surface area contributed by atoms with Gasteiger partial charge >= 0.3 is 0 Å². The molecule has 0 saturated heterocycles. The molecule has 0 heterocycles. The van der Waals surface area contributed by atoms with Crippen molar-refractivity contribution < 1.29 is 0 Å². The third kappa shape index (κ3) is 3.30. The molecule has 2 heteroatoms. The molecule has 1 saturated carbocycles. The lowest BCUT2D eigenvalue weighted by Gasteiger charge is -2.31. The van der Waals surface area contributed by atoms with Crippen LogP contribution in [-0.4, -0.2) is 24.0 Å². The quantitative estimate of drug-likeness (QED) is 0.783. The van der Waals surface area contributed by atoms with Crippen LogP contribution in [0.15, 0.2) is 30.3 Å². The van der Waals surface area contributed by atoms with Crippen LogP contribution < -0.4 is 5.73 Å². The first-order chi connectivity index (χ1) is 8.36. The van der Waals surface area contributed by atoms with Crippen LogP contribution in [0.2, 0.25) is 0 Å². The average Bonchev–Trinajstić information content (AvgIpc) is 3.20. The second kappa shape index (κ2) is 6.18. The number of nitrogens with zero attached hydrogens (tertiary/aromatic N) is 1. The molecule has 94 valence electrons. The number of rotatable bonds is 7. The summed E-state index contributed by atoms with van der Waals surface area (Å²) < 4.78 is 0. The van der Waals surface area contributed by atoms with E-state index in [9.17, 15) is 0 Å². The van der Waals surface area contributed by atoms with Gasteiger partial charge < -0.3 is 5.73 Å².